The summed E-state index contributed by atoms with van der Waals surface area (Å²) in [6.45, 7) is 8.22. The SMILES string of the molecule is CCOCCOc1ccccc1C(=O)N1CCNC(=O)C1CC(=O)OCCC(C)C. The Hall–Kier alpha value is -2.61. The first-order chi connectivity index (χ1) is 14.4. The van der Waals surface area contributed by atoms with Crippen LogP contribution in [0.25, 0.3) is 0 Å². The molecule has 1 heterocycles. The maximum absolute atomic E-state index is 13.2. The van der Waals surface area contributed by atoms with Gasteiger partial charge in [0.25, 0.3) is 5.91 Å². The van der Waals surface area contributed by atoms with Crippen molar-refractivity contribution < 1.29 is 28.6 Å². The van der Waals surface area contributed by atoms with Crippen LogP contribution in [0.4, 0.5) is 0 Å². The number of benzene rings is 1. The number of hydrogen-bond acceptors (Lipinski definition) is 6. The molecule has 1 unspecified atom stereocenters. The standard InChI is InChI=1S/C22H32N2O6/c1-4-28-13-14-29-19-8-6-5-7-17(19)22(27)24-11-10-23-21(26)18(24)15-20(25)30-12-9-16(2)3/h5-8,16,18H,4,9-15H2,1-3H3,(H,23,26). The molecular weight excluding hydrogens is 388 g/mol. The minimum absolute atomic E-state index is 0.178. The van der Waals surface area contributed by atoms with E-state index in [-0.39, 0.29) is 18.2 Å². The first-order valence-corrected chi connectivity index (χ1v) is 10.5. The highest BCUT2D eigenvalue weighted by atomic mass is 16.5. The van der Waals surface area contributed by atoms with Crippen molar-refractivity contribution in [2.45, 2.75) is 39.7 Å². The highest BCUT2D eigenvalue weighted by Crippen LogP contribution is 2.23. The summed E-state index contributed by atoms with van der Waals surface area (Å²) in [6, 6.07) is 5.97. The highest BCUT2D eigenvalue weighted by molar-refractivity contribution is 6.01. The molecule has 2 amide bonds. The molecule has 0 bridgehead atoms. The monoisotopic (exact) mass is 420 g/mol. The van der Waals surface area contributed by atoms with Gasteiger partial charge in [0.15, 0.2) is 0 Å². The minimum Gasteiger partial charge on any atom is -0.490 e. The Balaban J connectivity index is 2.08. The second kappa shape index (κ2) is 12.2. The Bertz CT molecular complexity index is 721. The van der Waals surface area contributed by atoms with Gasteiger partial charge in [-0.05, 0) is 31.4 Å². The van der Waals surface area contributed by atoms with Crippen molar-refractivity contribution >= 4 is 17.8 Å². The zero-order chi connectivity index (χ0) is 21.9. The fourth-order valence-corrected chi connectivity index (χ4v) is 3.06. The van der Waals surface area contributed by atoms with E-state index >= 15 is 0 Å². The Kier molecular flexibility index (Phi) is 9.60. The molecular formula is C22H32N2O6. The zero-order valence-electron chi connectivity index (χ0n) is 18.0. The summed E-state index contributed by atoms with van der Waals surface area (Å²) in [5.74, 6) is -0.363. The molecule has 1 aromatic rings. The van der Waals surface area contributed by atoms with E-state index in [0.717, 1.165) is 6.42 Å². The van der Waals surface area contributed by atoms with Crippen LogP contribution in [0.15, 0.2) is 24.3 Å². The van der Waals surface area contributed by atoms with Gasteiger partial charge < -0.3 is 24.4 Å². The molecule has 166 valence electrons. The topological polar surface area (TPSA) is 94.2 Å². The minimum atomic E-state index is -0.908. The van der Waals surface area contributed by atoms with E-state index in [9.17, 15) is 14.4 Å². The van der Waals surface area contributed by atoms with Gasteiger partial charge in [-0.25, -0.2) is 0 Å². The van der Waals surface area contributed by atoms with Crippen LogP contribution in [-0.4, -0.2) is 68.2 Å². The lowest BCUT2D eigenvalue weighted by molar-refractivity contribution is -0.148. The summed E-state index contributed by atoms with van der Waals surface area (Å²) in [6.07, 6.45) is 0.570. The van der Waals surface area contributed by atoms with Crippen molar-refractivity contribution in [1.29, 1.82) is 0 Å². The molecule has 1 saturated heterocycles. The summed E-state index contributed by atoms with van der Waals surface area (Å²) < 4.78 is 16.2. The predicted octanol–water partition coefficient (Wildman–Crippen LogP) is 2.02. The number of amides is 2. The third kappa shape index (κ3) is 7.02. The number of ether oxygens (including phenoxy) is 3. The van der Waals surface area contributed by atoms with Gasteiger partial charge in [0.05, 0.1) is 25.2 Å². The molecule has 1 fully saturated rings. The quantitative estimate of drug-likeness (QED) is 0.435. The van der Waals surface area contributed by atoms with E-state index in [2.05, 4.69) is 5.32 Å². The first-order valence-electron chi connectivity index (χ1n) is 10.5. The van der Waals surface area contributed by atoms with Gasteiger partial charge in [0, 0.05) is 19.7 Å². The van der Waals surface area contributed by atoms with Crippen molar-refractivity contribution in [3.8, 4) is 5.75 Å². The zero-order valence-corrected chi connectivity index (χ0v) is 18.0. The van der Waals surface area contributed by atoms with E-state index in [1.165, 1.54) is 4.90 Å². The van der Waals surface area contributed by atoms with E-state index < -0.39 is 12.0 Å². The number of para-hydroxylation sites is 1. The third-order valence-corrected chi connectivity index (χ3v) is 4.72. The maximum atomic E-state index is 13.2. The smallest absolute Gasteiger partial charge is 0.308 e. The number of esters is 1. The van der Waals surface area contributed by atoms with E-state index in [1.54, 1.807) is 24.3 Å². The summed E-state index contributed by atoms with van der Waals surface area (Å²) in [5, 5.41) is 2.72. The molecule has 2 rings (SSSR count). The van der Waals surface area contributed by atoms with E-state index in [4.69, 9.17) is 14.2 Å². The molecule has 0 aromatic heterocycles. The third-order valence-electron chi connectivity index (χ3n) is 4.72. The van der Waals surface area contributed by atoms with Crippen LogP contribution < -0.4 is 10.1 Å². The lowest BCUT2D eigenvalue weighted by Gasteiger charge is -2.34. The van der Waals surface area contributed by atoms with Crippen LogP contribution in [0.3, 0.4) is 0 Å². The largest absolute Gasteiger partial charge is 0.490 e. The Labute approximate surface area is 177 Å². The Morgan fingerprint density at radius 2 is 1.97 bits per heavy atom. The Morgan fingerprint density at radius 1 is 1.20 bits per heavy atom. The summed E-state index contributed by atoms with van der Waals surface area (Å²) in [7, 11) is 0. The van der Waals surface area contributed by atoms with Crippen LogP contribution in [-0.2, 0) is 19.1 Å². The fraction of sp³-hybridized carbons (Fsp3) is 0.591. The van der Waals surface area contributed by atoms with Crippen molar-refractivity contribution in [3.63, 3.8) is 0 Å². The molecule has 1 N–H and O–H groups in total. The normalized spacial score (nSPS) is 16.3. The lowest BCUT2D eigenvalue weighted by Crippen LogP contribution is -2.57. The maximum Gasteiger partial charge on any atom is 0.308 e. The molecule has 1 aliphatic heterocycles. The van der Waals surface area contributed by atoms with Gasteiger partial charge in [-0.3, -0.25) is 14.4 Å². The summed E-state index contributed by atoms with van der Waals surface area (Å²) >= 11 is 0. The fourth-order valence-electron chi connectivity index (χ4n) is 3.06. The van der Waals surface area contributed by atoms with E-state index in [0.29, 0.717) is 56.7 Å². The lowest BCUT2D eigenvalue weighted by atomic mass is 10.1. The molecule has 0 radical (unpaired) electrons. The molecule has 0 aliphatic carbocycles. The van der Waals surface area contributed by atoms with Crippen LogP contribution in [0.5, 0.6) is 5.75 Å². The molecule has 30 heavy (non-hydrogen) atoms. The molecule has 1 atom stereocenters. The molecule has 8 heteroatoms. The predicted molar refractivity (Wildman–Crippen MR) is 111 cm³/mol. The second-order valence-corrected chi connectivity index (χ2v) is 7.45. The van der Waals surface area contributed by atoms with E-state index in [1.807, 2.05) is 20.8 Å². The van der Waals surface area contributed by atoms with Crippen molar-refractivity contribution in [1.82, 2.24) is 10.2 Å². The molecule has 1 aliphatic rings. The van der Waals surface area contributed by atoms with Crippen LogP contribution >= 0.6 is 0 Å². The summed E-state index contributed by atoms with van der Waals surface area (Å²) in [4.78, 5) is 39.3. The average molecular weight is 421 g/mol. The number of carbonyl (C=O) groups excluding carboxylic acids is 3. The van der Waals surface area contributed by atoms with Gasteiger partial charge in [0.2, 0.25) is 5.91 Å². The number of piperazine rings is 1. The first kappa shape index (κ1) is 23.7. The second-order valence-electron chi connectivity index (χ2n) is 7.45. The molecule has 0 spiro atoms. The molecule has 8 nitrogen and oxygen atoms in total. The van der Waals surface area contributed by atoms with Crippen molar-refractivity contribution in [2.24, 2.45) is 5.92 Å². The van der Waals surface area contributed by atoms with Gasteiger partial charge in [0.1, 0.15) is 18.4 Å². The summed E-state index contributed by atoms with van der Waals surface area (Å²) in [5.41, 5.74) is 0.349. The Morgan fingerprint density at radius 3 is 2.70 bits per heavy atom. The van der Waals surface area contributed by atoms with Crippen LogP contribution in [0.2, 0.25) is 0 Å². The molecule has 1 aromatic carbocycles. The van der Waals surface area contributed by atoms with Crippen LogP contribution in [0, 0.1) is 5.92 Å². The van der Waals surface area contributed by atoms with Crippen LogP contribution in [0.1, 0.15) is 44.0 Å². The number of nitrogens with one attached hydrogen (secondary N) is 1. The highest BCUT2D eigenvalue weighted by Gasteiger charge is 2.36. The number of nitrogens with zero attached hydrogens (tertiary/aromatic N) is 1. The van der Waals surface area contributed by atoms with Gasteiger partial charge >= 0.3 is 5.97 Å². The average Bonchev–Trinajstić information content (AvgIpc) is 2.72. The molecule has 0 saturated carbocycles. The number of carbonyl (C=O) groups is 3. The van der Waals surface area contributed by atoms with Gasteiger partial charge in [-0.15, -0.1) is 0 Å². The van der Waals surface area contributed by atoms with Crippen molar-refractivity contribution in [3.05, 3.63) is 29.8 Å². The number of rotatable bonds is 11. The van der Waals surface area contributed by atoms with Gasteiger partial charge in [-0.1, -0.05) is 26.0 Å². The number of hydrogen-bond donors (Lipinski definition) is 1. The van der Waals surface area contributed by atoms with Crippen molar-refractivity contribution in [2.75, 3.05) is 39.5 Å². The van der Waals surface area contributed by atoms with Gasteiger partial charge in [-0.2, -0.15) is 0 Å².